The second kappa shape index (κ2) is 7.09. The average Bonchev–Trinajstić information content (AvgIpc) is 3.18. The van der Waals surface area contributed by atoms with E-state index in [2.05, 4.69) is 5.16 Å². The largest absolute Gasteiger partial charge is 0.481 e. The molecule has 1 saturated heterocycles. The molecule has 2 heterocycles. The van der Waals surface area contributed by atoms with Crippen LogP contribution in [-0.4, -0.2) is 40.1 Å². The van der Waals surface area contributed by atoms with Crippen molar-refractivity contribution in [1.29, 1.82) is 0 Å². The second-order valence-electron chi connectivity index (χ2n) is 6.56. The fourth-order valence-electron chi connectivity index (χ4n) is 3.54. The molecular formula is C19H22N2O4. The van der Waals surface area contributed by atoms with Crippen LogP contribution in [-0.2, 0) is 16.0 Å². The van der Waals surface area contributed by atoms with E-state index in [4.69, 9.17) is 4.52 Å². The summed E-state index contributed by atoms with van der Waals surface area (Å²) >= 11 is 0. The molecule has 0 saturated carbocycles. The molecule has 3 rings (SSSR count). The number of carboxylic acids is 1. The first kappa shape index (κ1) is 17.2. The van der Waals surface area contributed by atoms with E-state index in [-0.39, 0.29) is 18.4 Å². The summed E-state index contributed by atoms with van der Waals surface area (Å²) in [6.07, 6.45) is 0.890. The second-order valence-corrected chi connectivity index (χ2v) is 6.56. The highest BCUT2D eigenvalue weighted by atomic mass is 16.5. The van der Waals surface area contributed by atoms with Crippen LogP contribution in [0, 0.1) is 19.8 Å². The smallest absolute Gasteiger partial charge is 0.308 e. The van der Waals surface area contributed by atoms with E-state index >= 15 is 0 Å². The van der Waals surface area contributed by atoms with Crippen molar-refractivity contribution in [2.45, 2.75) is 32.6 Å². The van der Waals surface area contributed by atoms with Crippen LogP contribution in [0.1, 0.15) is 34.9 Å². The summed E-state index contributed by atoms with van der Waals surface area (Å²) < 4.78 is 5.12. The average molecular weight is 342 g/mol. The predicted molar refractivity (Wildman–Crippen MR) is 91.2 cm³/mol. The van der Waals surface area contributed by atoms with Gasteiger partial charge in [-0.1, -0.05) is 35.5 Å². The van der Waals surface area contributed by atoms with Crippen LogP contribution in [0.25, 0.3) is 0 Å². The number of carbonyl (C=O) groups excluding carboxylic acids is 1. The van der Waals surface area contributed by atoms with Crippen LogP contribution >= 0.6 is 0 Å². The van der Waals surface area contributed by atoms with Gasteiger partial charge >= 0.3 is 5.97 Å². The lowest BCUT2D eigenvalue weighted by Gasteiger charge is -2.16. The molecule has 1 aromatic heterocycles. The number of nitrogens with zero attached hydrogens (tertiary/aromatic N) is 2. The molecule has 1 aliphatic heterocycles. The molecule has 0 bridgehead atoms. The topological polar surface area (TPSA) is 83.6 Å². The Hall–Kier alpha value is -2.63. The highest BCUT2D eigenvalue weighted by Crippen LogP contribution is 2.33. The lowest BCUT2D eigenvalue weighted by atomic mass is 9.89. The van der Waals surface area contributed by atoms with E-state index in [9.17, 15) is 14.7 Å². The number of carboxylic acid groups (broad SMARTS) is 1. The number of aryl methyl sites for hydroxylation is 2. The van der Waals surface area contributed by atoms with E-state index < -0.39 is 11.9 Å². The summed E-state index contributed by atoms with van der Waals surface area (Å²) in [5.74, 6) is -0.871. The summed E-state index contributed by atoms with van der Waals surface area (Å²) in [4.78, 5) is 25.9. The molecule has 0 radical (unpaired) electrons. The van der Waals surface area contributed by atoms with E-state index in [1.165, 1.54) is 0 Å². The zero-order valence-electron chi connectivity index (χ0n) is 14.4. The van der Waals surface area contributed by atoms with Crippen molar-refractivity contribution in [3.8, 4) is 0 Å². The van der Waals surface area contributed by atoms with Crippen molar-refractivity contribution in [2.75, 3.05) is 13.1 Å². The summed E-state index contributed by atoms with van der Waals surface area (Å²) in [5.41, 5.74) is 2.73. The Balaban J connectivity index is 1.68. The SMILES string of the molecule is Cc1noc(C)c1CCC(=O)N1CC(C(=O)O)C(c2ccccc2)C1. The van der Waals surface area contributed by atoms with Gasteiger partial charge in [-0.15, -0.1) is 0 Å². The molecule has 6 heteroatoms. The lowest BCUT2D eigenvalue weighted by Crippen LogP contribution is -2.30. The quantitative estimate of drug-likeness (QED) is 0.903. The third-order valence-electron chi connectivity index (χ3n) is 4.99. The zero-order chi connectivity index (χ0) is 18.0. The van der Waals surface area contributed by atoms with Crippen LogP contribution in [0.4, 0.5) is 0 Å². The van der Waals surface area contributed by atoms with Crippen molar-refractivity contribution in [3.63, 3.8) is 0 Å². The number of likely N-dealkylation sites (tertiary alicyclic amines) is 1. The van der Waals surface area contributed by atoms with Crippen molar-refractivity contribution >= 4 is 11.9 Å². The minimum atomic E-state index is -0.852. The number of carbonyl (C=O) groups is 2. The lowest BCUT2D eigenvalue weighted by molar-refractivity contribution is -0.141. The Kier molecular flexibility index (Phi) is 4.88. The summed E-state index contributed by atoms with van der Waals surface area (Å²) in [6, 6.07) is 9.56. The molecule has 1 fully saturated rings. The van der Waals surface area contributed by atoms with Gasteiger partial charge in [0.2, 0.25) is 5.91 Å². The Labute approximate surface area is 146 Å². The Morgan fingerprint density at radius 2 is 1.96 bits per heavy atom. The van der Waals surface area contributed by atoms with Crippen LogP contribution < -0.4 is 0 Å². The highest BCUT2D eigenvalue weighted by molar-refractivity contribution is 5.80. The maximum absolute atomic E-state index is 12.6. The molecule has 1 aliphatic rings. The fraction of sp³-hybridized carbons (Fsp3) is 0.421. The molecule has 0 aliphatic carbocycles. The Bertz CT molecular complexity index is 749. The van der Waals surface area contributed by atoms with E-state index in [1.54, 1.807) is 4.90 Å². The molecule has 1 amide bonds. The first-order chi connectivity index (χ1) is 12.0. The molecule has 2 atom stereocenters. The van der Waals surface area contributed by atoms with Crippen LogP contribution in [0.5, 0.6) is 0 Å². The number of amides is 1. The molecule has 2 unspecified atom stereocenters. The van der Waals surface area contributed by atoms with Crippen LogP contribution in [0.15, 0.2) is 34.9 Å². The molecular weight excluding hydrogens is 320 g/mol. The minimum Gasteiger partial charge on any atom is -0.481 e. The number of hydrogen-bond acceptors (Lipinski definition) is 4. The molecule has 6 nitrogen and oxygen atoms in total. The third-order valence-corrected chi connectivity index (χ3v) is 4.99. The molecule has 0 spiro atoms. The van der Waals surface area contributed by atoms with Gasteiger partial charge in [-0.05, 0) is 25.8 Å². The van der Waals surface area contributed by atoms with Gasteiger partial charge in [0.25, 0.3) is 0 Å². The van der Waals surface area contributed by atoms with Gasteiger partial charge in [-0.2, -0.15) is 0 Å². The van der Waals surface area contributed by atoms with Gasteiger partial charge in [0, 0.05) is 31.0 Å². The van der Waals surface area contributed by atoms with Gasteiger partial charge < -0.3 is 14.5 Å². The van der Waals surface area contributed by atoms with Crippen molar-refractivity contribution < 1.29 is 19.2 Å². The summed E-state index contributed by atoms with van der Waals surface area (Å²) in [7, 11) is 0. The summed E-state index contributed by atoms with van der Waals surface area (Å²) in [6.45, 7) is 4.40. The van der Waals surface area contributed by atoms with Gasteiger partial charge in [0.05, 0.1) is 11.6 Å². The normalized spacial score (nSPS) is 20.0. The predicted octanol–water partition coefficient (Wildman–Crippen LogP) is 2.55. The van der Waals surface area contributed by atoms with Crippen LogP contribution in [0.3, 0.4) is 0 Å². The Morgan fingerprint density at radius 1 is 1.24 bits per heavy atom. The van der Waals surface area contributed by atoms with E-state index in [0.29, 0.717) is 19.4 Å². The standard InChI is InChI=1S/C19H22N2O4/c1-12-15(13(2)25-20-12)8-9-18(22)21-10-16(17(11-21)19(23)24)14-6-4-3-5-7-14/h3-7,16-17H,8-11H2,1-2H3,(H,23,24). The van der Waals surface area contributed by atoms with Crippen molar-refractivity contribution in [1.82, 2.24) is 10.1 Å². The van der Waals surface area contributed by atoms with Gasteiger partial charge in [-0.3, -0.25) is 9.59 Å². The highest BCUT2D eigenvalue weighted by Gasteiger charge is 2.40. The monoisotopic (exact) mass is 342 g/mol. The molecule has 1 N–H and O–H groups in total. The van der Waals surface area contributed by atoms with Gasteiger partial charge in [0.15, 0.2) is 0 Å². The minimum absolute atomic E-state index is 0.0234. The molecule has 25 heavy (non-hydrogen) atoms. The van der Waals surface area contributed by atoms with Gasteiger partial charge in [0.1, 0.15) is 5.76 Å². The maximum Gasteiger partial charge on any atom is 0.308 e. The first-order valence-corrected chi connectivity index (χ1v) is 8.44. The number of hydrogen-bond donors (Lipinski definition) is 1. The number of aromatic nitrogens is 1. The van der Waals surface area contributed by atoms with E-state index in [0.717, 1.165) is 22.6 Å². The van der Waals surface area contributed by atoms with Crippen molar-refractivity contribution in [2.24, 2.45) is 5.92 Å². The summed E-state index contributed by atoms with van der Waals surface area (Å²) in [5, 5.41) is 13.4. The van der Waals surface area contributed by atoms with E-state index in [1.807, 2.05) is 44.2 Å². The molecule has 132 valence electrons. The molecule has 2 aromatic rings. The van der Waals surface area contributed by atoms with Crippen LogP contribution in [0.2, 0.25) is 0 Å². The maximum atomic E-state index is 12.6. The number of benzene rings is 1. The van der Waals surface area contributed by atoms with Crippen molar-refractivity contribution in [3.05, 3.63) is 52.9 Å². The number of aliphatic carboxylic acids is 1. The fourth-order valence-corrected chi connectivity index (χ4v) is 3.54. The van der Waals surface area contributed by atoms with Gasteiger partial charge in [-0.25, -0.2) is 0 Å². The zero-order valence-corrected chi connectivity index (χ0v) is 14.4. The Morgan fingerprint density at radius 3 is 2.56 bits per heavy atom. The number of rotatable bonds is 5. The third kappa shape index (κ3) is 3.57. The molecule has 1 aromatic carbocycles. The first-order valence-electron chi connectivity index (χ1n) is 8.44.